The third kappa shape index (κ3) is 4.60. The van der Waals surface area contributed by atoms with E-state index in [1.165, 1.54) is 5.56 Å². The molecule has 2 N–H and O–H groups in total. The van der Waals surface area contributed by atoms with Crippen molar-refractivity contribution in [3.05, 3.63) is 23.9 Å². The first kappa shape index (κ1) is 14.9. The largest absolute Gasteiger partial charge is 0.394 e. The molecule has 0 aliphatic rings. The Morgan fingerprint density at radius 1 is 1.50 bits per heavy atom. The normalized spacial score (nSPS) is 12.4. The number of likely N-dealkylation sites (N-methyl/N-ethyl adjacent to an activating group) is 1. The maximum atomic E-state index is 8.62. The van der Waals surface area contributed by atoms with E-state index in [0.717, 1.165) is 12.4 Å². The lowest BCUT2D eigenvalue weighted by Gasteiger charge is -2.20. The fourth-order valence-electron chi connectivity index (χ4n) is 1.56. The minimum atomic E-state index is 0.0666. The van der Waals surface area contributed by atoms with Crippen molar-refractivity contribution in [2.75, 3.05) is 45.4 Å². The second kappa shape index (κ2) is 8.02. The second-order valence-corrected chi connectivity index (χ2v) is 4.22. The van der Waals surface area contributed by atoms with Gasteiger partial charge in [0, 0.05) is 25.8 Å². The van der Waals surface area contributed by atoms with Crippen molar-refractivity contribution in [2.24, 2.45) is 0 Å². The van der Waals surface area contributed by atoms with Crippen molar-refractivity contribution >= 4 is 5.82 Å². The molecule has 0 spiro atoms. The summed E-state index contributed by atoms with van der Waals surface area (Å²) in [6.07, 6.45) is 1.82. The maximum absolute atomic E-state index is 8.62. The molecule has 5 heteroatoms. The number of nitrogens with one attached hydrogen (secondary N) is 1. The Labute approximate surface area is 109 Å². The first-order valence-electron chi connectivity index (χ1n) is 6.22. The van der Waals surface area contributed by atoms with Crippen LogP contribution in [0.25, 0.3) is 0 Å². The molecule has 0 fully saturated rings. The second-order valence-electron chi connectivity index (χ2n) is 4.22. The molecule has 0 amide bonds. The lowest BCUT2D eigenvalue weighted by atomic mass is 10.1. The fraction of sp³-hybridized carbons (Fsp3) is 0.615. The van der Waals surface area contributed by atoms with Crippen molar-refractivity contribution in [3.63, 3.8) is 0 Å². The van der Waals surface area contributed by atoms with Crippen LogP contribution in [0.1, 0.15) is 18.5 Å². The van der Waals surface area contributed by atoms with Crippen LogP contribution in [0.3, 0.4) is 0 Å². The topological polar surface area (TPSA) is 57.6 Å². The molecule has 0 aliphatic heterocycles. The standard InChI is InChI=1S/C13H23N3O2/c1-11(14-2)12-4-5-15-13(10-12)16(3)6-8-18-9-7-17/h4-5,10-11,14,17H,6-9H2,1-3H3. The van der Waals surface area contributed by atoms with Gasteiger partial charge in [-0.1, -0.05) is 0 Å². The van der Waals surface area contributed by atoms with E-state index in [9.17, 15) is 0 Å². The van der Waals surface area contributed by atoms with Crippen molar-refractivity contribution in [3.8, 4) is 0 Å². The molecule has 102 valence electrons. The molecule has 18 heavy (non-hydrogen) atoms. The monoisotopic (exact) mass is 253 g/mol. The molecule has 1 aromatic heterocycles. The Kier molecular flexibility index (Phi) is 6.64. The zero-order chi connectivity index (χ0) is 13.4. The molecular weight excluding hydrogens is 230 g/mol. The number of aliphatic hydroxyl groups excluding tert-OH is 1. The van der Waals surface area contributed by atoms with E-state index in [-0.39, 0.29) is 6.61 Å². The molecule has 0 bridgehead atoms. The summed E-state index contributed by atoms with van der Waals surface area (Å²) >= 11 is 0. The number of ether oxygens (including phenoxy) is 1. The molecule has 1 aromatic rings. The number of aliphatic hydroxyl groups is 1. The Morgan fingerprint density at radius 2 is 2.28 bits per heavy atom. The van der Waals surface area contributed by atoms with Crippen molar-refractivity contribution < 1.29 is 9.84 Å². The van der Waals surface area contributed by atoms with Crippen molar-refractivity contribution in [1.29, 1.82) is 0 Å². The van der Waals surface area contributed by atoms with Crippen molar-refractivity contribution in [1.82, 2.24) is 10.3 Å². The molecule has 1 atom stereocenters. The number of anilines is 1. The maximum Gasteiger partial charge on any atom is 0.128 e. The van der Waals surface area contributed by atoms with Crippen LogP contribution in [0.5, 0.6) is 0 Å². The molecule has 1 unspecified atom stereocenters. The molecule has 0 saturated carbocycles. The molecule has 0 radical (unpaired) electrons. The van der Waals surface area contributed by atoms with Gasteiger partial charge in [-0.25, -0.2) is 4.98 Å². The Bertz CT molecular complexity index is 347. The summed E-state index contributed by atoms with van der Waals surface area (Å²) in [5, 5.41) is 11.8. The quantitative estimate of drug-likeness (QED) is 0.671. The van der Waals surface area contributed by atoms with Gasteiger partial charge in [-0.15, -0.1) is 0 Å². The zero-order valence-corrected chi connectivity index (χ0v) is 11.4. The van der Waals surface area contributed by atoms with E-state index in [2.05, 4.69) is 23.3 Å². The van der Waals surface area contributed by atoms with E-state index in [4.69, 9.17) is 9.84 Å². The fourth-order valence-corrected chi connectivity index (χ4v) is 1.56. The number of pyridine rings is 1. The summed E-state index contributed by atoms with van der Waals surface area (Å²) in [4.78, 5) is 6.39. The molecule has 0 aliphatic carbocycles. The summed E-state index contributed by atoms with van der Waals surface area (Å²) in [7, 11) is 3.93. The highest BCUT2D eigenvalue weighted by atomic mass is 16.5. The Hall–Kier alpha value is -1.17. The summed E-state index contributed by atoms with van der Waals surface area (Å²) in [5.74, 6) is 0.933. The minimum absolute atomic E-state index is 0.0666. The molecule has 1 rings (SSSR count). The molecule has 1 heterocycles. The van der Waals surface area contributed by atoms with Gasteiger partial charge < -0.3 is 20.1 Å². The summed E-state index contributed by atoms with van der Waals surface area (Å²) in [5.41, 5.74) is 1.21. The van der Waals surface area contributed by atoms with E-state index in [1.807, 2.05) is 31.3 Å². The smallest absolute Gasteiger partial charge is 0.128 e. The van der Waals surface area contributed by atoms with Gasteiger partial charge in [-0.3, -0.25) is 0 Å². The number of hydrogen-bond donors (Lipinski definition) is 2. The first-order valence-corrected chi connectivity index (χ1v) is 6.22. The predicted molar refractivity (Wildman–Crippen MR) is 72.9 cm³/mol. The van der Waals surface area contributed by atoms with E-state index in [1.54, 1.807) is 0 Å². The number of nitrogens with zero attached hydrogens (tertiary/aromatic N) is 2. The third-order valence-electron chi connectivity index (χ3n) is 2.90. The van der Waals surface area contributed by atoms with Crippen LogP contribution >= 0.6 is 0 Å². The van der Waals surface area contributed by atoms with Crippen LogP contribution in [0, 0.1) is 0 Å². The molecule has 0 aromatic carbocycles. The van der Waals surface area contributed by atoms with Gasteiger partial charge in [-0.05, 0) is 31.7 Å². The Balaban J connectivity index is 2.54. The average molecular weight is 253 g/mol. The summed E-state index contributed by atoms with van der Waals surface area (Å²) in [6.45, 7) is 3.91. The van der Waals surface area contributed by atoms with Gasteiger partial charge in [-0.2, -0.15) is 0 Å². The SMILES string of the molecule is CNC(C)c1ccnc(N(C)CCOCCO)c1. The van der Waals surface area contributed by atoms with E-state index < -0.39 is 0 Å². The summed E-state index contributed by atoms with van der Waals surface area (Å²) in [6, 6.07) is 4.40. The van der Waals surface area contributed by atoms with Gasteiger partial charge in [0.2, 0.25) is 0 Å². The van der Waals surface area contributed by atoms with Gasteiger partial charge in [0.25, 0.3) is 0 Å². The van der Waals surface area contributed by atoms with Crippen LogP contribution in [-0.4, -0.2) is 50.6 Å². The van der Waals surface area contributed by atoms with Gasteiger partial charge in [0.05, 0.1) is 19.8 Å². The van der Waals surface area contributed by atoms with Crippen LogP contribution in [-0.2, 0) is 4.74 Å². The lowest BCUT2D eigenvalue weighted by molar-refractivity contribution is 0.0970. The third-order valence-corrected chi connectivity index (χ3v) is 2.90. The van der Waals surface area contributed by atoms with Gasteiger partial charge >= 0.3 is 0 Å². The van der Waals surface area contributed by atoms with Gasteiger partial charge in [0.1, 0.15) is 5.82 Å². The van der Waals surface area contributed by atoms with E-state index >= 15 is 0 Å². The average Bonchev–Trinajstić information content (AvgIpc) is 2.42. The first-order chi connectivity index (χ1) is 8.69. The van der Waals surface area contributed by atoms with Crippen LogP contribution < -0.4 is 10.2 Å². The highest BCUT2D eigenvalue weighted by Gasteiger charge is 2.07. The lowest BCUT2D eigenvalue weighted by Crippen LogP contribution is -2.24. The van der Waals surface area contributed by atoms with Crippen LogP contribution in [0.15, 0.2) is 18.3 Å². The van der Waals surface area contributed by atoms with Crippen molar-refractivity contribution in [2.45, 2.75) is 13.0 Å². The minimum Gasteiger partial charge on any atom is -0.394 e. The zero-order valence-electron chi connectivity index (χ0n) is 11.4. The summed E-state index contributed by atoms with van der Waals surface area (Å²) < 4.78 is 5.24. The molecule has 5 nitrogen and oxygen atoms in total. The molecule has 0 saturated heterocycles. The highest BCUT2D eigenvalue weighted by molar-refractivity contribution is 5.40. The van der Waals surface area contributed by atoms with Crippen LogP contribution in [0.4, 0.5) is 5.82 Å². The highest BCUT2D eigenvalue weighted by Crippen LogP contribution is 2.16. The predicted octanol–water partition coefficient (Wildman–Crippen LogP) is 0.807. The molecular formula is C13H23N3O2. The van der Waals surface area contributed by atoms with E-state index in [0.29, 0.717) is 19.3 Å². The number of aromatic nitrogens is 1. The number of hydrogen-bond acceptors (Lipinski definition) is 5. The number of rotatable bonds is 8. The van der Waals surface area contributed by atoms with Crippen LogP contribution in [0.2, 0.25) is 0 Å². The Morgan fingerprint density at radius 3 is 2.94 bits per heavy atom. The van der Waals surface area contributed by atoms with Gasteiger partial charge in [0.15, 0.2) is 0 Å².